The van der Waals surface area contributed by atoms with Gasteiger partial charge in [0, 0.05) is 23.4 Å². The first-order valence-corrected chi connectivity index (χ1v) is 6.60. The molecule has 0 bridgehead atoms. The molecule has 2 rings (SSSR count). The fourth-order valence-electron chi connectivity index (χ4n) is 1.92. The largest absolute Gasteiger partial charge is 0.381 e. The minimum atomic E-state index is -0.422. The summed E-state index contributed by atoms with van der Waals surface area (Å²) in [5.74, 6) is -0.632. The normalized spacial score (nSPS) is 17.1. The smallest absolute Gasteiger partial charge is 0.163 e. The lowest BCUT2D eigenvalue weighted by atomic mass is 10.1. The van der Waals surface area contributed by atoms with E-state index in [4.69, 9.17) is 4.74 Å². The fourth-order valence-corrected chi connectivity index (χ4v) is 3.22. The molecule has 0 amide bonds. The maximum Gasteiger partial charge on any atom is 0.163 e. The summed E-state index contributed by atoms with van der Waals surface area (Å²) in [6.45, 7) is 2.91. The second kappa shape index (κ2) is 5.65. The number of benzene rings is 1. The van der Waals surface area contributed by atoms with Crippen molar-refractivity contribution in [1.29, 1.82) is 0 Å². The summed E-state index contributed by atoms with van der Waals surface area (Å²) in [5, 5.41) is 0.420. The van der Waals surface area contributed by atoms with Gasteiger partial charge in [-0.25, -0.2) is 4.39 Å². The van der Waals surface area contributed by atoms with E-state index in [2.05, 4.69) is 0 Å². The number of Topliss-reactive ketones (excluding diaryl/α,β-unsaturated/α-hetero) is 1. The summed E-state index contributed by atoms with van der Waals surface area (Å²) in [6, 6.07) is 4.81. The number of hydrogen-bond donors (Lipinski definition) is 0. The topological polar surface area (TPSA) is 26.3 Å². The molecule has 0 atom stereocenters. The van der Waals surface area contributed by atoms with Gasteiger partial charge in [-0.05, 0) is 31.9 Å². The number of thioether (sulfide) groups is 1. The van der Waals surface area contributed by atoms with Crippen LogP contribution in [0.25, 0.3) is 0 Å². The third-order valence-corrected chi connectivity index (χ3v) is 4.19. The van der Waals surface area contributed by atoms with Crippen LogP contribution in [0.2, 0.25) is 0 Å². The highest BCUT2D eigenvalue weighted by Gasteiger charge is 2.19. The molecule has 1 heterocycles. The van der Waals surface area contributed by atoms with Crippen LogP contribution in [0.5, 0.6) is 0 Å². The molecule has 1 aliphatic rings. The predicted molar refractivity (Wildman–Crippen MR) is 66.1 cm³/mol. The zero-order valence-corrected chi connectivity index (χ0v) is 10.6. The summed E-state index contributed by atoms with van der Waals surface area (Å²) in [4.78, 5) is 12.2. The lowest BCUT2D eigenvalue weighted by Crippen LogP contribution is -2.17. The van der Waals surface area contributed by atoms with Crippen LogP contribution < -0.4 is 0 Å². The second-order valence-electron chi connectivity index (χ2n) is 4.10. The molecule has 0 aromatic heterocycles. The molecular weight excluding hydrogens is 239 g/mol. The monoisotopic (exact) mass is 254 g/mol. The van der Waals surface area contributed by atoms with E-state index in [9.17, 15) is 9.18 Å². The van der Waals surface area contributed by atoms with Crippen LogP contribution in [-0.2, 0) is 4.74 Å². The molecule has 0 aliphatic carbocycles. The molecule has 17 heavy (non-hydrogen) atoms. The number of carbonyl (C=O) groups is 1. The average Bonchev–Trinajstić information content (AvgIpc) is 2.30. The van der Waals surface area contributed by atoms with E-state index in [1.807, 2.05) is 6.07 Å². The summed E-state index contributed by atoms with van der Waals surface area (Å²) < 4.78 is 18.9. The van der Waals surface area contributed by atoms with Crippen LogP contribution in [0.4, 0.5) is 4.39 Å². The maximum absolute atomic E-state index is 13.6. The second-order valence-corrected chi connectivity index (χ2v) is 5.44. The van der Waals surface area contributed by atoms with Crippen LogP contribution in [0.15, 0.2) is 23.1 Å². The van der Waals surface area contributed by atoms with Gasteiger partial charge < -0.3 is 4.74 Å². The van der Waals surface area contributed by atoms with Crippen LogP contribution in [0.1, 0.15) is 30.1 Å². The van der Waals surface area contributed by atoms with Gasteiger partial charge in [0.2, 0.25) is 0 Å². The third kappa shape index (κ3) is 3.07. The first-order chi connectivity index (χ1) is 8.18. The average molecular weight is 254 g/mol. The lowest BCUT2D eigenvalue weighted by Gasteiger charge is -2.22. The number of rotatable bonds is 3. The molecular formula is C13H15FO2S. The Kier molecular flexibility index (Phi) is 4.18. The Morgan fingerprint density at radius 2 is 2.12 bits per heavy atom. The van der Waals surface area contributed by atoms with Crippen molar-refractivity contribution in [2.75, 3.05) is 13.2 Å². The van der Waals surface area contributed by atoms with Crippen molar-refractivity contribution in [2.45, 2.75) is 29.9 Å². The zero-order chi connectivity index (χ0) is 12.3. The Balaban J connectivity index is 2.19. The molecule has 0 saturated carbocycles. The van der Waals surface area contributed by atoms with Crippen molar-refractivity contribution >= 4 is 17.5 Å². The van der Waals surface area contributed by atoms with Crippen LogP contribution in [0, 0.1) is 5.82 Å². The van der Waals surface area contributed by atoms with E-state index in [1.54, 1.807) is 17.8 Å². The number of ketones is 1. The molecule has 0 N–H and O–H groups in total. The van der Waals surface area contributed by atoms with Gasteiger partial charge in [-0.3, -0.25) is 4.79 Å². The minimum Gasteiger partial charge on any atom is -0.381 e. The summed E-state index contributed by atoms with van der Waals surface area (Å²) >= 11 is 1.59. The summed E-state index contributed by atoms with van der Waals surface area (Å²) in [6.07, 6.45) is 1.91. The molecule has 0 spiro atoms. The minimum absolute atomic E-state index is 0.211. The van der Waals surface area contributed by atoms with Crippen molar-refractivity contribution in [1.82, 2.24) is 0 Å². The van der Waals surface area contributed by atoms with E-state index in [-0.39, 0.29) is 11.3 Å². The molecule has 4 heteroatoms. The predicted octanol–water partition coefficient (Wildman–Crippen LogP) is 3.30. The third-order valence-electron chi connectivity index (χ3n) is 2.79. The Labute approximate surface area is 105 Å². The van der Waals surface area contributed by atoms with Crippen molar-refractivity contribution in [3.05, 3.63) is 29.6 Å². The van der Waals surface area contributed by atoms with Gasteiger partial charge in [0.05, 0.1) is 5.56 Å². The van der Waals surface area contributed by atoms with E-state index < -0.39 is 5.82 Å². The first-order valence-electron chi connectivity index (χ1n) is 5.72. The highest BCUT2D eigenvalue weighted by molar-refractivity contribution is 8.00. The number of carbonyl (C=O) groups excluding carboxylic acids is 1. The number of ether oxygens (including phenoxy) is 1. The molecule has 1 fully saturated rings. The standard InChI is InChI=1S/C13H15FO2S/c1-9(15)13-11(14)3-2-4-12(13)17-10-5-7-16-8-6-10/h2-4,10H,5-8H2,1H3. The molecule has 1 aromatic rings. The van der Waals surface area contributed by atoms with Gasteiger partial charge in [0.25, 0.3) is 0 Å². The molecule has 0 unspecified atom stereocenters. The van der Waals surface area contributed by atoms with E-state index >= 15 is 0 Å². The number of halogens is 1. The van der Waals surface area contributed by atoms with E-state index in [1.165, 1.54) is 13.0 Å². The highest BCUT2D eigenvalue weighted by Crippen LogP contribution is 2.33. The van der Waals surface area contributed by atoms with Gasteiger partial charge in [-0.2, -0.15) is 0 Å². The van der Waals surface area contributed by atoms with Crippen molar-refractivity contribution in [3.63, 3.8) is 0 Å². The summed E-state index contributed by atoms with van der Waals surface area (Å²) in [7, 11) is 0. The fraction of sp³-hybridized carbons (Fsp3) is 0.462. The van der Waals surface area contributed by atoms with Gasteiger partial charge in [-0.15, -0.1) is 11.8 Å². The van der Waals surface area contributed by atoms with Crippen molar-refractivity contribution in [3.8, 4) is 0 Å². The molecule has 92 valence electrons. The molecule has 1 aromatic carbocycles. The van der Waals surface area contributed by atoms with E-state index in [0.29, 0.717) is 5.25 Å². The molecule has 1 saturated heterocycles. The Hall–Kier alpha value is -0.870. The maximum atomic E-state index is 13.6. The summed E-state index contributed by atoms with van der Waals surface area (Å²) in [5.41, 5.74) is 0.226. The lowest BCUT2D eigenvalue weighted by molar-refractivity contribution is 0.0999. The molecule has 0 radical (unpaired) electrons. The zero-order valence-electron chi connectivity index (χ0n) is 9.74. The highest BCUT2D eigenvalue weighted by atomic mass is 32.2. The van der Waals surface area contributed by atoms with Crippen molar-refractivity contribution in [2.24, 2.45) is 0 Å². The van der Waals surface area contributed by atoms with E-state index in [0.717, 1.165) is 31.0 Å². The van der Waals surface area contributed by atoms with Gasteiger partial charge in [0.1, 0.15) is 5.82 Å². The first kappa shape index (κ1) is 12.6. The van der Waals surface area contributed by atoms with Crippen LogP contribution in [-0.4, -0.2) is 24.2 Å². The Bertz CT molecular complexity index is 414. The molecule has 2 nitrogen and oxygen atoms in total. The quantitative estimate of drug-likeness (QED) is 0.774. The Morgan fingerprint density at radius 1 is 1.41 bits per heavy atom. The van der Waals surface area contributed by atoms with Gasteiger partial charge in [0.15, 0.2) is 5.78 Å². The van der Waals surface area contributed by atoms with Crippen LogP contribution in [0.3, 0.4) is 0 Å². The number of hydrogen-bond acceptors (Lipinski definition) is 3. The van der Waals surface area contributed by atoms with Gasteiger partial charge >= 0.3 is 0 Å². The van der Waals surface area contributed by atoms with Gasteiger partial charge in [-0.1, -0.05) is 6.07 Å². The SMILES string of the molecule is CC(=O)c1c(F)cccc1SC1CCOCC1. The van der Waals surface area contributed by atoms with Crippen LogP contribution >= 0.6 is 11.8 Å². The Morgan fingerprint density at radius 3 is 2.76 bits per heavy atom. The van der Waals surface area contributed by atoms with Crippen molar-refractivity contribution < 1.29 is 13.9 Å². The molecule has 1 aliphatic heterocycles.